The second kappa shape index (κ2) is 5.11. The van der Waals surface area contributed by atoms with Crippen LogP contribution in [0.25, 0.3) is 0 Å². The van der Waals surface area contributed by atoms with Crippen LogP contribution in [0.3, 0.4) is 0 Å². The van der Waals surface area contributed by atoms with Crippen molar-refractivity contribution in [1.82, 2.24) is 0 Å². The van der Waals surface area contributed by atoms with Crippen LogP contribution < -0.4 is 5.32 Å². The number of rotatable bonds is 3. The van der Waals surface area contributed by atoms with Crippen molar-refractivity contribution in [3.05, 3.63) is 41.5 Å². The van der Waals surface area contributed by atoms with E-state index in [1.165, 1.54) is 0 Å². The molecule has 0 radical (unpaired) electrons. The van der Waals surface area contributed by atoms with E-state index in [0.29, 0.717) is 5.69 Å². The smallest absolute Gasteiger partial charge is 0.328 e. The number of hydrogen-bond donors (Lipinski definition) is 2. The van der Waals surface area contributed by atoms with Crippen LogP contribution in [-0.2, 0) is 9.59 Å². The van der Waals surface area contributed by atoms with Gasteiger partial charge in [0.1, 0.15) is 0 Å². The van der Waals surface area contributed by atoms with Crippen LogP contribution in [0.15, 0.2) is 30.4 Å². The first-order valence-electron chi connectivity index (χ1n) is 4.79. The zero-order valence-electron chi connectivity index (χ0n) is 9.15. The summed E-state index contributed by atoms with van der Waals surface area (Å²) in [4.78, 5) is 21.5. The van der Waals surface area contributed by atoms with Gasteiger partial charge in [-0.15, -0.1) is 0 Å². The van der Waals surface area contributed by atoms with E-state index >= 15 is 0 Å². The SMILES string of the molecule is Cc1cccc(NC(=O)/C=C/C(=O)O)c1C. The molecule has 1 aromatic carbocycles. The molecule has 1 aromatic rings. The van der Waals surface area contributed by atoms with E-state index < -0.39 is 11.9 Å². The maximum Gasteiger partial charge on any atom is 0.328 e. The van der Waals surface area contributed by atoms with Crippen molar-refractivity contribution in [3.63, 3.8) is 0 Å². The molecule has 4 nitrogen and oxygen atoms in total. The number of nitrogens with one attached hydrogen (secondary N) is 1. The average Bonchev–Trinajstić information content (AvgIpc) is 2.22. The predicted octanol–water partition coefficient (Wildman–Crippen LogP) is 1.88. The van der Waals surface area contributed by atoms with E-state index in [1.54, 1.807) is 6.07 Å². The molecule has 0 saturated heterocycles. The summed E-state index contributed by atoms with van der Waals surface area (Å²) in [6.07, 6.45) is 1.80. The molecular formula is C12H13NO3. The topological polar surface area (TPSA) is 66.4 Å². The highest BCUT2D eigenvalue weighted by atomic mass is 16.4. The number of anilines is 1. The lowest BCUT2D eigenvalue weighted by atomic mass is 10.1. The maximum absolute atomic E-state index is 11.3. The van der Waals surface area contributed by atoms with E-state index in [0.717, 1.165) is 23.3 Å². The second-order valence-electron chi connectivity index (χ2n) is 3.41. The minimum Gasteiger partial charge on any atom is -0.478 e. The third-order valence-electron chi connectivity index (χ3n) is 2.24. The fourth-order valence-electron chi connectivity index (χ4n) is 1.21. The van der Waals surface area contributed by atoms with Crippen LogP contribution in [0.1, 0.15) is 11.1 Å². The summed E-state index contributed by atoms with van der Waals surface area (Å²) in [6.45, 7) is 3.84. The van der Waals surface area contributed by atoms with Crippen LogP contribution in [-0.4, -0.2) is 17.0 Å². The molecule has 0 spiro atoms. The number of aryl methyl sites for hydroxylation is 1. The molecule has 2 N–H and O–H groups in total. The third kappa shape index (κ3) is 3.24. The lowest BCUT2D eigenvalue weighted by Crippen LogP contribution is -2.10. The van der Waals surface area contributed by atoms with Crippen molar-refractivity contribution in [2.75, 3.05) is 5.32 Å². The molecule has 0 unspecified atom stereocenters. The first kappa shape index (κ1) is 12.0. The molecule has 0 bridgehead atoms. The first-order valence-corrected chi connectivity index (χ1v) is 4.79. The van der Waals surface area contributed by atoms with Gasteiger partial charge in [0.15, 0.2) is 0 Å². The number of amides is 1. The Kier molecular flexibility index (Phi) is 3.83. The van der Waals surface area contributed by atoms with Crippen LogP contribution in [0, 0.1) is 13.8 Å². The zero-order chi connectivity index (χ0) is 12.1. The predicted molar refractivity (Wildman–Crippen MR) is 61.3 cm³/mol. The number of carboxylic acid groups (broad SMARTS) is 1. The fourth-order valence-corrected chi connectivity index (χ4v) is 1.21. The molecule has 0 aromatic heterocycles. The van der Waals surface area contributed by atoms with Gasteiger partial charge in [0.25, 0.3) is 0 Å². The van der Waals surface area contributed by atoms with E-state index in [-0.39, 0.29) is 0 Å². The Balaban J connectivity index is 2.78. The van der Waals surface area contributed by atoms with Gasteiger partial charge >= 0.3 is 5.97 Å². The number of carbonyl (C=O) groups is 2. The highest BCUT2D eigenvalue weighted by molar-refractivity contribution is 6.02. The number of aliphatic carboxylic acids is 1. The van der Waals surface area contributed by atoms with E-state index in [9.17, 15) is 9.59 Å². The van der Waals surface area contributed by atoms with E-state index in [1.807, 2.05) is 26.0 Å². The molecular weight excluding hydrogens is 206 g/mol. The molecule has 0 fully saturated rings. The summed E-state index contributed by atoms with van der Waals surface area (Å²) < 4.78 is 0. The van der Waals surface area contributed by atoms with Crippen molar-refractivity contribution in [3.8, 4) is 0 Å². The van der Waals surface area contributed by atoms with Gasteiger partial charge < -0.3 is 10.4 Å². The molecule has 4 heteroatoms. The number of benzene rings is 1. The monoisotopic (exact) mass is 219 g/mol. The van der Waals surface area contributed by atoms with Gasteiger partial charge in [0.05, 0.1) is 0 Å². The zero-order valence-corrected chi connectivity index (χ0v) is 9.15. The molecule has 0 saturated carbocycles. The Hall–Kier alpha value is -2.10. The quantitative estimate of drug-likeness (QED) is 0.763. The van der Waals surface area contributed by atoms with Crippen molar-refractivity contribution in [2.45, 2.75) is 13.8 Å². The Morgan fingerprint density at radius 2 is 1.94 bits per heavy atom. The van der Waals surface area contributed by atoms with Crippen LogP contribution >= 0.6 is 0 Å². The summed E-state index contributed by atoms with van der Waals surface area (Å²) in [5.41, 5.74) is 2.74. The Morgan fingerprint density at radius 3 is 2.56 bits per heavy atom. The molecule has 0 aliphatic rings. The molecule has 0 atom stereocenters. The summed E-state index contributed by atoms with van der Waals surface area (Å²) in [5.74, 6) is -1.59. The summed E-state index contributed by atoms with van der Waals surface area (Å²) in [6, 6.07) is 5.55. The minimum absolute atomic E-state index is 0.448. The number of carboxylic acids is 1. The van der Waals surface area contributed by atoms with Gasteiger partial charge in [-0.3, -0.25) is 4.79 Å². The van der Waals surface area contributed by atoms with Gasteiger partial charge in [-0.25, -0.2) is 4.79 Å². The molecule has 1 rings (SSSR count). The van der Waals surface area contributed by atoms with Crippen LogP contribution in [0.4, 0.5) is 5.69 Å². The van der Waals surface area contributed by atoms with Gasteiger partial charge in [-0.1, -0.05) is 12.1 Å². The van der Waals surface area contributed by atoms with E-state index in [4.69, 9.17) is 5.11 Å². The van der Waals surface area contributed by atoms with E-state index in [2.05, 4.69) is 5.32 Å². The Labute approximate surface area is 93.6 Å². The molecule has 84 valence electrons. The lowest BCUT2D eigenvalue weighted by Gasteiger charge is -2.08. The standard InChI is InChI=1S/C12H13NO3/c1-8-4-3-5-10(9(8)2)13-11(14)6-7-12(15)16/h3-7H,1-2H3,(H,13,14)(H,15,16)/b7-6+. The lowest BCUT2D eigenvalue weighted by molar-refractivity contribution is -0.131. The van der Waals surface area contributed by atoms with Crippen LogP contribution in [0.2, 0.25) is 0 Å². The normalized spacial score (nSPS) is 10.4. The second-order valence-corrected chi connectivity index (χ2v) is 3.41. The van der Waals surface area contributed by atoms with Gasteiger partial charge in [-0.05, 0) is 31.0 Å². The van der Waals surface area contributed by atoms with Gasteiger partial charge in [0.2, 0.25) is 5.91 Å². The third-order valence-corrected chi connectivity index (χ3v) is 2.24. The highest BCUT2D eigenvalue weighted by Gasteiger charge is 2.03. The van der Waals surface area contributed by atoms with Crippen molar-refractivity contribution >= 4 is 17.6 Å². The van der Waals surface area contributed by atoms with Crippen molar-refractivity contribution in [2.24, 2.45) is 0 Å². The highest BCUT2D eigenvalue weighted by Crippen LogP contribution is 2.17. The fraction of sp³-hybridized carbons (Fsp3) is 0.167. The summed E-state index contributed by atoms with van der Waals surface area (Å²) in [7, 11) is 0. The average molecular weight is 219 g/mol. The summed E-state index contributed by atoms with van der Waals surface area (Å²) >= 11 is 0. The van der Waals surface area contributed by atoms with Crippen molar-refractivity contribution in [1.29, 1.82) is 0 Å². The van der Waals surface area contributed by atoms with Gasteiger partial charge in [-0.2, -0.15) is 0 Å². The maximum atomic E-state index is 11.3. The van der Waals surface area contributed by atoms with Crippen LogP contribution in [0.5, 0.6) is 0 Å². The largest absolute Gasteiger partial charge is 0.478 e. The number of hydrogen-bond acceptors (Lipinski definition) is 2. The molecule has 16 heavy (non-hydrogen) atoms. The Bertz CT molecular complexity index is 450. The molecule has 0 aliphatic heterocycles. The van der Waals surface area contributed by atoms with Crippen molar-refractivity contribution < 1.29 is 14.7 Å². The minimum atomic E-state index is -1.14. The molecule has 0 aliphatic carbocycles. The molecule has 0 heterocycles. The number of carbonyl (C=O) groups excluding carboxylic acids is 1. The Morgan fingerprint density at radius 1 is 1.25 bits per heavy atom. The first-order chi connectivity index (χ1) is 7.50. The summed E-state index contributed by atoms with van der Waals surface area (Å²) in [5, 5.41) is 11.0. The van der Waals surface area contributed by atoms with Gasteiger partial charge in [0, 0.05) is 17.8 Å². The molecule has 1 amide bonds.